The molecule has 1 aliphatic carbocycles. The Bertz CT molecular complexity index is 345. The maximum Gasteiger partial charge on any atom is 0.0840 e. The fraction of sp³-hybridized carbons (Fsp3) is 0.385. The van der Waals surface area contributed by atoms with Crippen LogP contribution in [0, 0.1) is 0 Å². The van der Waals surface area contributed by atoms with Gasteiger partial charge in [-0.2, -0.15) is 0 Å². The predicted octanol–water partition coefficient (Wildman–Crippen LogP) is 1.84. The van der Waals surface area contributed by atoms with E-state index >= 15 is 0 Å². The number of benzene rings is 1. The molecule has 3 unspecified atom stereocenters. The van der Waals surface area contributed by atoms with Crippen LogP contribution in [0.5, 0.6) is 0 Å². The van der Waals surface area contributed by atoms with Crippen molar-refractivity contribution in [3.63, 3.8) is 0 Å². The molecule has 0 heterocycles. The Labute approximate surface area is 89.9 Å². The lowest BCUT2D eigenvalue weighted by atomic mass is 9.78. The second kappa shape index (κ2) is 4.17. The molecule has 2 rings (SSSR count). The lowest BCUT2D eigenvalue weighted by Crippen LogP contribution is -2.33. The van der Waals surface area contributed by atoms with Crippen molar-refractivity contribution in [1.82, 2.24) is 0 Å². The topological polar surface area (TPSA) is 40.5 Å². The zero-order valence-corrected chi connectivity index (χ0v) is 8.63. The minimum absolute atomic E-state index is 0.0853. The minimum Gasteiger partial charge on any atom is -0.389 e. The predicted molar refractivity (Wildman–Crippen MR) is 59.6 cm³/mol. The highest BCUT2D eigenvalue weighted by atomic mass is 16.3. The monoisotopic (exact) mass is 204 g/mol. The van der Waals surface area contributed by atoms with Crippen molar-refractivity contribution >= 4 is 0 Å². The zero-order valence-electron chi connectivity index (χ0n) is 8.63. The highest BCUT2D eigenvalue weighted by Crippen LogP contribution is 2.35. The van der Waals surface area contributed by atoms with Gasteiger partial charge in [0.2, 0.25) is 0 Å². The minimum atomic E-state index is -0.615. The van der Waals surface area contributed by atoms with Crippen LogP contribution in [-0.4, -0.2) is 22.4 Å². The first-order valence-corrected chi connectivity index (χ1v) is 5.30. The largest absolute Gasteiger partial charge is 0.389 e. The van der Waals surface area contributed by atoms with Crippen molar-refractivity contribution in [3.05, 3.63) is 48.0 Å². The molecule has 2 nitrogen and oxygen atoms in total. The van der Waals surface area contributed by atoms with E-state index in [1.165, 1.54) is 0 Å². The van der Waals surface area contributed by atoms with Crippen molar-refractivity contribution in [2.24, 2.45) is 0 Å². The molecule has 80 valence electrons. The first-order valence-electron chi connectivity index (χ1n) is 5.30. The van der Waals surface area contributed by atoms with Crippen molar-refractivity contribution in [3.8, 4) is 0 Å². The van der Waals surface area contributed by atoms with E-state index in [4.69, 9.17) is 0 Å². The van der Waals surface area contributed by atoms with Crippen LogP contribution >= 0.6 is 0 Å². The molecule has 15 heavy (non-hydrogen) atoms. The molecule has 1 fully saturated rings. The zero-order chi connectivity index (χ0) is 10.8. The quantitative estimate of drug-likeness (QED) is 0.685. The van der Waals surface area contributed by atoms with Gasteiger partial charge >= 0.3 is 0 Å². The van der Waals surface area contributed by atoms with Crippen LogP contribution in [0.15, 0.2) is 42.5 Å². The molecule has 1 aliphatic rings. The molecule has 0 spiro atoms. The molecule has 0 bridgehead atoms. The van der Waals surface area contributed by atoms with Crippen LogP contribution in [-0.2, 0) is 0 Å². The summed E-state index contributed by atoms with van der Waals surface area (Å²) < 4.78 is 0. The van der Waals surface area contributed by atoms with Crippen LogP contribution < -0.4 is 0 Å². The fourth-order valence-corrected chi connectivity index (χ4v) is 2.19. The van der Waals surface area contributed by atoms with Crippen molar-refractivity contribution < 1.29 is 10.2 Å². The average molecular weight is 204 g/mol. The third kappa shape index (κ3) is 1.96. The van der Waals surface area contributed by atoms with Crippen LogP contribution in [0.3, 0.4) is 0 Å². The van der Waals surface area contributed by atoms with Gasteiger partial charge in [-0.3, -0.25) is 0 Å². The third-order valence-electron chi connectivity index (χ3n) is 3.17. The number of aliphatic hydroxyl groups is 2. The van der Waals surface area contributed by atoms with Gasteiger partial charge < -0.3 is 10.2 Å². The molecule has 1 aromatic carbocycles. The molecule has 0 amide bonds. The van der Waals surface area contributed by atoms with Gasteiger partial charge in [-0.05, 0) is 24.0 Å². The smallest absolute Gasteiger partial charge is 0.0840 e. The summed E-state index contributed by atoms with van der Waals surface area (Å²) in [5.74, 6) is 0.0853. The summed E-state index contributed by atoms with van der Waals surface area (Å²) in [5.41, 5.74) is 1.67. The Morgan fingerprint density at radius 1 is 1.07 bits per heavy atom. The molecule has 0 aromatic heterocycles. The van der Waals surface area contributed by atoms with Crippen molar-refractivity contribution in [2.45, 2.75) is 31.0 Å². The number of aliphatic hydroxyl groups excluding tert-OH is 2. The molecule has 3 atom stereocenters. The first-order chi connectivity index (χ1) is 7.20. The van der Waals surface area contributed by atoms with E-state index in [1.54, 1.807) is 0 Å². The van der Waals surface area contributed by atoms with Crippen molar-refractivity contribution in [1.29, 1.82) is 0 Å². The Balaban J connectivity index is 2.21. The molecule has 0 saturated heterocycles. The molecule has 0 aliphatic heterocycles. The van der Waals surface area contributed by atoms with E-state index < -0.39 is 12.2 Å². The van der Waals surface area contributed by atoms with Gasteiger partial charge in [0.25, 0.3) is 0 Å². The first kappa shape index (κ1) is 10.4. The number of hydrogen-bond donors (Lipinski definition) is 2. The van der Waals surface area contributed by atoms with E-state index in [9.17, 15) is 10.2 Å². The highest BCUT2D eigenvalue weighted by Gasteiger charge is 2.32. The molecule has 2 heteroatoms. The maximum absolute atomic E-state index is 10.0. The Hall–Kier alpha value is -1.12. The van der Waals surface area contributed by atoms with Gasteiger partial charge in [0.15, 0.2) is 0 Å². The van der Waals surface area contributed by atoms with Gasteiger partial charge in [0.1, 0.15) is 0 Å². The van der Waals surface area contributed by atoms with E-state index in [2.05, 4.69) is 6.58 Å². The second-order valence-electron chi connectivity index (χ2n) is 4.13. The molecular formula is C13H16O2. The van der Waals surface area contributed by atoms with Gasteiger partial charge in [0.05, 0.1) is 12.2 Å². The highest BCUT2D eigenvalue weighted by molar-refractivity contribution is 5.27. The molecule has 1 aromatic rings. The summed E-state index contributed by atoms with van der Waals surface area (Å²) in [4.78, 5) is 0. The Kier molecular flexibility index (Phi) is 2.89. The van der Waals surface area contributed by atoms with Crippen LogP contribution in [0.25, 0.3) is 0 Å². The lowest BCUT2D eigenvalue weighted by Gasteiger charge is -2.33. The van der Waals surface area contributed by atoms with Gasteiger partial charge in [-0.15, -0.1) is 0 Å². The average Bonchev–Trinajstić information content (AvgIpc) is 2.27. The summed E-state index contributed by atoms with van der Waals surface area (Å²) in [5, 5.41) is 19.6. The van der Waals surface area contributed by atoms with Gasteiger partial charge in [-0.1, -0.05) is 36.9 Å². The van der Waals surface area contributed by atoms with E-state index in [-0.39, 0.29) is 5.92 Å². The van der Waals surface area contributed by atoms with Crippen molar-refractivity contribution in [2.75, 3.05) is 0 Å². The lowest BCUT2D eigenvalue weighted by molar-refractivity contribution is 0.0847. The van der Waals surface area contributed by atoms with Crippen LogP contribution in [0.1, 0.15) is 24.3 Å². The van der Waals surface area contributed by atoms with Crippen LogP contribution in [0.4, 0.5) is 0 Å². The Morgan fingerprint density at radius 2 is 1.73 bits per heavy atom. The van der Waals surface area contributed by atoms with Crippen LogP contribution in [0.2, 0.25) is 0 Å². The third-order valence-corrected chi connectivity index (χ3v) is 3.17. The van der Waals surface area contributed by atoms with Gasteiger partial charge in [-0.25, -0.2) is 0 Å². The normalized spacial score (nSPS) is 31.6. The maximum atomic E-state index is 10.0. The standard InChI is InChI=1S/C13H16O2/c1-9-12(14)8-7-11(13(9)15)10-5-3-2-4-6-10/h2-6,11-15H,1,7-8H2. The Morgan fingerprint density at radius 3 is 2.40 bits per heavy atom. The number of rotatable bonds is 1. The summed E-state index contributed by atoms with van der Waals surface area (Å²) in [6, 6.07) is 9.92. The summed E-state index contributed by atoms with van der Waals surface area (Å²) in [6.45, 7) is 3.75. The fourth-order valence-electron chi connectivity index (χ4n) is 2.19. The molecule has 0 radical (unpaired) electrons. The SMILES string of the molecule is C=C1C(O)CCC(c2ccccc2)C1O. The molecule has 2 N–H and O–H groups in total. The number of hydrogen-bond acceptors (Lipinski definition) is 2. The molecular weight excluding hydrogens is 188 g/mol. The molecule has 1 saturated carbocycles. The summed E-state index contributed by atoms with van der Waals surface area (Å²) >= 11 is 0. The second-order valence-corrected chi connectivity index (χ2v) is 4.13. The summed E-state index contributed by atoms with van der Waals surface area (Å²) in [6.07, 6.45) is 0.344. The van der Waals surface area contributed by atoms with E-state index in [0.717, 1.165) is 12.0 Å². The van der Waals surface area contributed by atoms with E-state index in [1.807, 2.05) is 30.3 Å². The van der Waals surface area contributed by atoms with E-state index in [0.29, 0.717) is 12.0 Å². The van der Waals surface area contributed by atoms with Gasteiger partial charge in [0, 0.05) is 5.92 Å². The summed E-state index contributed by atoms with van der Waals surface area (Å²) in [7, 11) is 0.